The van der Waals surface area contributed by atoms with Crippen LogP contribution in [0, 0.1) is 17.1 Å². The van der Waals surface area contributed by atoms with E-state index in [1.807, 2.05) is 30.3 Å². The summed E-state index contributed by atoms with van der Waals surface area (Å²) in [7, 11) is 0. The molecule has 0 bridgehead atoms. The maximum absolute atomic E-state index is 13.7. The zero-order valence-electron chi connectivity index (χ0n) is 12.3. The van der Waals surface area contributed by atoms with Crippen molar-refractivity contribution >= 4 is 0 Å². The summed E-state index contributed by atoms with van der Waals surface area (Å²) >= 11 is 0. The van der Waals surface area contributed by atoms with Gasteiger partial charge < -0.3 is 10.7 Å². The largest absolute Gasteiger partial charge is 0.341 e. The Kier molecular flexibility index (Phi) is 4.18. The summed E-state index contributed by atoms with van der Waals surface area (Å²) in [6.07, 6.45) is 2.29. The number of aromatic nitrogens is 2. The van der Waals surface area contributed by atoms with Gasteiger partial charge in [-0.1, -0.05) is 36.4 Å². The molecule has 0 aliphatic heterocycles. The normalized spacial score (nSPS) is 11.9. The van der Waals surface area contributed by atoms with Gasteiger partial charge in [-0.15, -0.1) is 0 Å². The average Bonchev–Trinajstić information content (AvgIpc) is 3.06. The Bertz CT molecular complexity index is 849. The van der Waals surface area contributed by atoms with E-state index in [0.29, 0.717) is 23.5 Å². The van der Waals surface area contributed by atoms with Crippen molar-refractivity contribution < 1.29 is 4.39 Å². The van der Waals surface area contributed by atoms with E-state index in [0.717, 1.165) is 5.56 Å². The fourth-order valence-corrected chi connectivity index (χ4v) is 2.41. The van der Waals surface area contributed by atoms with Crippen molar-refractivity contribution in [3.63, 3.8) is 0 Å². The molecule has 0 saturated heterocycles. The van der Waals surface area contributed by atoms with E-state index in [-0.39, 0.29) is 11.6 Å². The molecule has 0 unspecified atom stereocenters. The standard InChI is InChI=1S/C18H15FN4/c19-15-9-13(6-7-14(15)10-20)17-11-22-18(23-17)16(21)8-12-4-2-1-3-5-12/h1-7,9,11,16H,8,21H2,(H,22,23)/t16-/m0/s1. The van der Waals surface area contributed by atoms with Crippen LogP contribution in [-0.4, -0.2) is 9.97 Å². The summed E-state index contributed by atoms with van der Waals surface area (Å²) in [5.74, 6) is 0.100. The number of rotatable bonds is 4. The third-order valence-corrected chi connectivity index (χ3v) is 3.65. The van der Waals surface area contributed by atoms with E-state index in [4.69, 9.17) is 11.0 Å². The first-order chi connectivity index (χ1) is 11.2. The van der Waals surface area contributed by atoms with Gasteiger partial charge in [-0.2, -0.15) is 5.26 Å². The lowest BCUT2D eigenvalue weighted by atomic mass is 10.1. The van der Waals surface area contributed by atoms with Gasteiger partial charge >= 0.3 is 0 Å². The molecule has 3 rings (SSSR count). The van der Waals surface area contributed by atoms with Crippen molar-refractivity contribution in [2.45, 2.75) is 12.5 Å². The first-order valence-corrected chi connectivity index (χ1v) is 7.22. The Morgan fingerprint density at radius 2 is 2.00 bits per heavy atom. The molecule has 2 aromatic carbocycles. The molecule has 0 amide bonds. The number of benzene rings is 2. The summed E-state index contributed by atoms with van der Waals surface area (Å²) in [5.41, 5.74) is 8.64. The number of hydrogen-bond donors (Lipinski definition) is 2. The molecular weight excluding hydrogens is 291 g/mol. The van der Waals surface area contributed by atoms with Gasteiger partial charge in [-0.25, -0.2) is 9.37 Å². The number of imidazole rings is 1. The third kappa shape index (κ3) is 3.28. The van der Waals surface area contributed by atoms with Gasteiger partial charge in [0.05, 0.1) is 23.5 Å². The van der Waals surface area contributed by atoms with Crippen molar-refractivity contribution in [2.75, 3.05) is 0 Å². The third-order valence-electron chi connectivity index (χ3n) is 3.65. The quantitative estimate of drug-likeness (QED) is 0.776. The van der Waals surface area contributed by atoms with Gasteiger partial charge in [-0.3, -0.25) is 0 Å². The second-order valence-corrected chi connectivity index (χ2v) is 5.28. The highest BCUT2D eigenvalue weighted by molar-refractivity contribution is 5.60. The number of hydrogen-bond acceptors (Lipinski definition) is 3. The molecule has 0 radical (unpaired) electrons. The monoisotopic (exact) mass is 306 g/mol. The van der Waals surface area contributed by atoms with Crippen molar-refractivity contribution in [3.8, 4) is 17.3 Å². The number of halogens is 1. The Labute approximate surface area is 133 Å². The first-order valence-electron chi connectivity index (χ1n) is 7.22. The molecule has 0 aliphatic carbocycles. The fourth-order valence-electron chi connectivity index (χ4n) is 2.41. The number of aromatic amines is 1. The summed E-state index contributed by atoms with van der Waals surface area (Å²) < 4.78 is 13.7. The van der Waals surface area contributed by atoms with Crippen LogP contribution in [0.15, 0.2) is 54.7 Å². The Balaban J connectivity index is 1.80. The van der Waals surface area contributed by atoms with Gasteiger partial charge in [0.2, 0.25) is 0 Å². The zero-order valence-corrected chi connectivity index (χ0v) is 12.3. The van der Waals surface area contributed by atoms with E-state index in [1.165, 1.54) is 12.1 Å². The van der Waals surface area contributed by atoms with Crippen LogP contribution in [0.3, 0.4) is 0 Å². The van der Waals surface area contributed by atoms with E-state index in [2.05, 4.69) is 9.97 Å². The van der Waals surface area contributed by atoms with E-state index in [9.17, 15) is 4.39 Å². The smallest absolute Gasteiger partial charge is 0.141 e. The lowest BCUT2D eigenvalue weighted by molar-refractivity contribution is 0.624. The van der Waals surface area contributed by atoms with Gasteiger partial charge in [-0.05, 0) is 24.1 Å². The molecule has 3 aromatic rings. The van der Waals surface area contributed by atoms with Crippen LogP contribution < -0.4 is 5.73 Å². The van der Waals surface area contributed by atoms with E-state index >= 15 is 0 Å². The maximum Gasteiger partial charge on any atom is 0.141 e. The van der Waals surface area contributed by atoms with Crippen molar-refractivity contribution in [3.05, 3.63) is 77.5 Å². The minimum Gasteiger partial charge on any atom is -0.341 e. The average molecular weight is 306 g/mol. The highest BCUT2D eigenvalue weighted by Gasteiger charge is 2.13. The van der Waals surface area contributed by atoms with Crippen LogP contribution in [-0.2, 0) is 6.42 Å². The Morgan fingerprint density at radius 3 is 2.70 bits per heavy atom. The lowest BCUT2D eigenvalue weighted by Gasteiger charge is -2.08. The molecule has 4 nitrogen and oxygen atoms in total. The number of nitriles is 1. The van der Waals surface area contributed by atoms with E-state index in [1.54, 1.807) is 18.3 Å². The first kappa shape index (κ1) is 14.9. The molecule has 3 N–H and O–H groups in total. The highest BCUT2D eigenvalue weighted by atomic mass is 19.1. The van der Waals surface area contributed by atoms with E-state index < -0.39 is 5.82 Å². The summed E-state index contributed by atoms with van der Waals surface area (Å²) in [5, 5.41) is 8.77. The summed E-state index contributed by atoms with van der Waals surface area (Å²) in [4.78, 5) is 7.42. The van der Waals surface area contributed by atoms with Crippen molar-refractivity contribution in [1.29, 1.82) is 5.26 Å². The molecule has 1 atom stereocenters. The fraction of sp³-hybridized carbons (Fsp3) is 0.111. The molecule has 23 heavy (non-hydrogen) atoms. The molecule has 0 aliphatic rings. The van der Waals surface area contributed by atoms with Gasteiger partial charge in [0, 0.05) is 5.56 Å². The van der Waals surface area contributed by atoms with Crippen molar-refractivity contribution in [1.82, 2.24) is 9.97 Å². The molecular formula is C18H15FN4. The number of nitrogens with one attached hydrogen (secondary N) is 1. The number of nitrogens with two attached hydrogens (primary N) is 1. The zero-order chi connectivity index (χ0) is 16.2. The van der Waals surface area contributed by atoms with Crippen LogP contribution in [0.4, 0.5) is 4.39 Å². The van der Waals surface area contributed by atoms with Crippen LogP contribution in [0.5, 0.6) is 0 Å². The minimum absolute atomic E-state index is 0.0225. The molecule has 1 aromatic heterocycles. The second kappa shape index (κ2) is 6.42. The SMILES string of the molecule is N#Cc1ccc(-c2cnc([C@@H](N)Cc3ccccc3)[nH]2)cc1F. The lowest BCUT2D eigenvalue weighted by Crippen LogP contribution is -2.14. The molecule has 0 fully saturated rings. The Morgan fingerprint density at radius 1 is 1.22 bits per heavy atom. The summed E-state index contributed by atoms with van der Waals surface area (Å²) in [6, 6.07) is 15.9. The molecule has 0 saturated carbocycles. The maximum atomic E-state index is 13.7. The minimum atomic E-state index is -0.547. The van der Waals surface area contributed by atoms with Crippen LogP contribution in [0.1, 0.15) is 23.0 Å². The van der Waals surface area contributed by atoms with Gasteiger partial charge in [0.25, 0.3) is 0 Å². The van der Waals surface area contributed by atoms with Crippen molar-refractivity contribution in [2.24, 2.45) is 5.73 Å². The topological polar surface area (TPSA) is 78.5 Å². The summed E-state index contributed by atoms with van der Waals surface area (Å²) in [6.45, 7) is 0. The van der Waals surface area contributed by atoms with Crippen LogP contribution in [0.2, 0.25) is 0 Å². The molecule has 0 spiro atoms. The second-order valence-electron chi connectivity index (χ2n) is 5.28. The predicted octanol–water partition coefficient (Wildman–Crippen LogP) is 3.33. The molecule has 114 valence electrons. The van der Waals surface area contributed by atoms with Gasteiger partial charge in [0.1, 0.15) is 17.7 Å². The number of H-pyrrole nitrogens is 1. The molecule has 5 heteroatoms. The number of nitrogens with zero attached hydrogens (tertiary/aromatic N) is 2. The molecule has 1 heterocycles. The highest BCUT2D eigenvalue weighted by Crippen LogP contribution is 2.22. The van der Waals surface area contributed by atoms with Gasteiger partial charge in [0.15, 0.2) is 0 Å². The van der Waals surface area contributed by atoms with Crippen LogP contribution in [0.25, 0.3) is 11.3 Å². The van der Waals surface area contributed by atoms with Crippen LogP contribution >= 0.6 is 0 Å². The Hall–Kier alpha value is -2.97. The predicted molar refractivity (Wildman–Crippen MR) is 85.8 cm³/mol.